The predicted octanol–water partition coefficient (Wildman–Crippen LogP) is 3.49. The number of pyridine rings is 1. The third kappa shape index (κ3) is 2.41. The number of hydrogen-bond acceptors (Lipinski definition) is 3. The fraction of sp³-hybridized carbons (Fsp3) is 0.0625. The van der Waals surface area contributed by atoms with E-state index in [4.69, 9.17) is 10.5 Å². The highest BCUT2D eigenvalue weighted by atomic mass is 16.5. The summed E-state index contributed by atoms with van der Waals surface area (Å²) in [7, 11) is 0. The monoisotopic (exact) mass is 250 g/mol. The van der Waals surface area contributed by atoms with Gasteiger partial charge in [0.15, 0.2) is 0 Å². The van der Waals surface area contributed by atoms with Gasteiger partial charge >= 0.3 is 0 Å². The molecule has 1 heterocycles. The molecule has 0 saturated carbocycles. The first kappa shape index (κ1) is 11.7. The molecule has 0 saturated heterocycles. The summed E-state index contributed by atoms with van der Waals surface area (Å²) in [6.45, 7) is 0.436. The summed E-state index contributed by atoms with van der Waals surface area (Å²) < 4.78 is 5.87. The topological polar surface area (TPSA) is 48.1 Å². The van der Waals surface area contributed by atoms with Crippen molar-refractivity contribution in [3.63, 3.8) is 0 Å². The molecule has 3 aromatic rings. The van der Waals surface area contributed by atoms with Crippen LogP contribution in [-0.2, 0) is 6.54 Å². The molecular formula is C16H14N2O. The molecule has 2 N–H and O–H groups in total. The van der Waals surface area contributed by atoms with Crippen molar-refractivity contribution in [3.05, 3.63) is 66.5 Å². The van der Waals surface area contributed by atoms with Gasteiger partial charge in [0.25, 0.3) is 0 Å². The van der Waals surface area contributed by atoms with E-state index in [0.29, 0.717) is 12.3 Å². The van der Waals surface area contributed by atoms with E-state index in [-0.39, 0.29) is 0 Å². The second-order valence-corrected chi connectivity index (χ2v) is 4.30. The van der Waals surface area contributed by atoms with E-state index in [0.717, 1.165) is 16.7 Å². The Bertz CT molecular complexity index is 710. The molecule has 0 radical (unpaired) electrons. The second kappa shape index (κ2) is 5.08. The fourth-order valence-electron chi connectivity index (χ4n) is 2.03. The summed E-state index contributed by atoms with van der Waals surface area (Å²) in [5.41, 5.74) is 6.63. The molecule has 0 aliphatic heterocycles. The number of hydrogen-bond donors (Lipinski definition) is 1. The number of nitrogens with two attached hydrogens (primary N) is 1. The van der Waals surface area contributed by atoms with Crippen molar-refractivity contribution in [2.45, 2.75) is 6.54 Å². The Morgan fingerprint density at radius 2 is 1.84 bits per heavy atom. The van der Waals surface area contributed by atoms with E-state index < -0.39 is 0 Å². The van der Waals surface area contributed by atoms with Gasteiger partial charge in [-0.2, -0.15) is 0 Å². The number of fused-ring (bicyclic) bond motifs is 1. The van der Waals surface area contributed by atoms with Crippen LogP contribution in [0.1, 0.15) is 5.56 Å². The maximum atomic E-state index is 5.87. The molecule has 0 aliphatic rings. The molecule has 2 aromatic carbocycles. The van der Waals surface area contributed by atoms with Crippen molar-refractivity contribution in [2.24, 2.45) is 5.73 Å². The van der Waals surface area contributed by atoms with E-state index in [1.165, 1.54) is 5.39 Å². The number of nitrogens with zero attached hydrogens (tertiary/aromatic N) is 1. The lowest BCUT2D eigenvalue weighted by Gasteiger charge is -2.09. The maximum absolute atomic E-state index is 5.87. The Labute approximate surface area is 111 Å². The van der Waals surface area contributed by atoms with Crippen LogP contribution in [0.4, 0.5) is 0 Å². The molecule has 3 nitrogen and oxygen atoms in total. The van der Waals surface area contributed by atoms with Crippen LogP contribution in [0.5, 0.6) is 11.5 Å². The van der Waals surface area contributed by atoms with Crippen LogP contribution in [0.15, 0.2) is 60.9 Å². The van der Waals surface area contributed by atoms with E-state index in [2.05, 4.69) is 17.1 Å². The molecule has 0 unspecified atom stereocenters. The zero-order valence-corrected chi connectivity index (χ0v) is 10.4. The van der Waals surface area contributed by atoms with Gasteiger partial charge in [-0.25, -0.2) is 0 Å². The first-order valence-electron chi connectivity index (χ1n) is 6.16. The lowest BCUT2D eigenvalue weighted by molar-refractivity contribution is 0.474. The molecule has 19 heavy (non-hydrogen) atoms. The van der Waals surface area contributed by atoms with Crippen LogP contribution in [0.25, 0.3) is 10.8 Å². The van der Waals surface area contributed by atoms with Gasteiger partial charge in [0.2, 0.25) is 0 Å². The van der Waals surface area contributed by atoms with Gasteiger partial charge in [-0.3, -0.25) is 4.98 Å². The van der Waals surface area contributed by atoms with E-state index in [1.807, 2.05) is 36.4 Å². The van der Waals surface area contributed by atoms with Gasteiger partial charge in [-0.15, -0.1) is 0 Å². The van der Waals surface area contributed by atoms with Gasteiger partial charge in [0.1, 0.15) is 11.5 Å². The Morgan fingerprint density at radius 1 is 1.00 bits per heavy atom. The number of ether oxygens (including phenoxy) is 1. The summed E-state index contributed by atoms with van der Waals surface area (Å²) in [6, 6.07) is 16.1. The Kier molecular flexibility index (Phi) is 3.12. The molecule has 0 spiro atoms. The molecule has 0 amide bonds. The predicted molar refractivity (Wildman–Crippen MR) is 76.2 cm³/mol. The maximum Gasteiger partial charge on any atom is 0.150 e. The highest BCUT2D eigenvalue weighted by Gasteiger charge is 2.04. The van der Waals surface area contributed by atoms with Crippen LogP contribution in [0.3, 0.4) is 0 Å². The first-order chi connectivity index (χ1) is 9.36. The largest absolute Gasteiger partial charge is 0.455 e. The molecule has 0 atom stereocenters. The number of rotatable bonds is 3. The third-order valence-corrected chi connectivity index (χ3v) is 3.04. The normalized spacial score (nSPS) is 10.6. The molecule has 1 aromatic heterocycles. The highest BCUT2D eigenvalue weighted by Crippen LogP contribution is 2.27. The molecule has 0 fully saturated rings. The summed E-state index contributed by atoms with van der Waals surface area (Å²) in [6.07, 6.45) is 3.41. The molecule has 3 rings (SSSR count). The first-order valence-corrected chi connectivity index (χ1v) is 6.16. The Balaban J connectivity index is 1.96. The molecule has 94 valence electrons. The van der Waals surface area contributed by atoms with Crippen LogP contribution in [-0.4, -0.2) is 4.98 Å². The van der Waals surface area contributed by atoms with Crippen molar-refractivity contribution in [2.75, 3.05) is 0 Å². The van der Waals surface area contributed by atoms with Crippen LogP contribution < -0.4 is 10.5 Å². The quantitative estimate of drug-likeness (QED) is 0.774. The Morgan fingerprint density at radius 3 is 2.68 bits per heavy atom. The smallest absolute Gasteiger partial charge is 0.150 e. The van der Waals surface area contributed by atoms with E-state index in [1.54, 1.807) is 12.4 Å². The van der Waals surface area contributed by atoms with Gasteiger partial charge in [-0.05, 0) is 29.0 Å². The summed E-state index contributed by atoms with van der Waals surface area (Å²) in [4.78, 5) is 4.07. The molecule has 0 aliphatic carbocycles. The van der Waals surface area contributed by atoms with Crippen molar-refractivity contribution >= 4 is 10.8 Å². The zero-order valence-electron chi connectivity index (χ0n) is 10.4. The average molecular weight is 250 g/mol. The van der Waals surface area contributed by atoms with Crippen molar-refractivity contribution < 1.29 is 4.74 Å². The van der Waals surface area contributed by atoms with Crippen molar-refractivity contribution in [1.29, 1.82) is 0 Å². The van der Waals surface area contributed by atoms with Gasteiger partial charge < -0.3 is 10.5 Å². The van der Waals surface area contributed by atoms with Gasteiger partial charge in [0.05, 0.1) is 6.20 Å². The van der Waals surface area contributed by atoms with Gasteiger partial charge in [0, 0.05) is 18.3 Å². The lowest BCUT2D eigenvalue weighted by atomic mass is 10.1. The van der Waals surface area contributed by atoms with Gasteiger partial charge in [-0.1, -0.05) is 30.3 Å². The molecular weight excluding hydrogens is 236 g/mol. The average Bonchev–Trinajstić information content (AvgIpc) is 2.48. The fourth-order valence-corrected chi connectivity index (χ4v) is 2.03. The standard InChI is InChI=1S/C16H14N2O/c17-10-14-7-8-18-11-16(14)19-15-6-5-12-3-1-2-4-13(12)9-15/h1-9,11H,10,17H2. The van der Waals surface area contributed by atoms with E-state index in [9.17, 15) is 0 Å². The van der Waals surface area contributed by atoms with Crippen molar-refractivity contribution in [1.82, 2.24) is 4.98 Å². The minimum Gasteiger partial charge on any atom is -0.455 e. The minimum absolute atomic E-state index is 0.436. The highest BCUT2D eigenvalue weighted by molar-refractivity contribution is 5.83. The third-order valence-electron chi connectivity index (χ3n) is 3.04. The molecule has 3 heteroatoms. The van der Waals surface area contributed by atoms with Crippen LogP contribution in [0.2, 0.25) is 0 Å². The SMILES string of the molecule is NCc1ccncc1Oc1ccc2ccccc2c1. The number of benzene rings is 2. The summed E-state index contributed by atoms with van der Waals surface area (Å²) in [5.74, 6) is 1.50. The van der Waals surface area contributed by atoms with E-state index >= 15 is 0 Å². The Hall–Kier alpha value is -2.39. The number of aromatic nitrogens is 1. The second-order valence-electron chi connectivity index (χ2n) is 4.30. The van der Waals surface area contributed by atoms with Crippen LogP contribution >= 0.6 is 0 Å². The van der Waals surface area contributed by atoms with Crippen LogP contribution in [0, 0.1) is 0 Å². The summed E-state index contributed by atoms with van der Waals surface area (Å²) in [5, 5.41) is 2.35. The zero-order chi connectivity index (χ0) is 13.1. The summed E-state index contributed by atoms with van der Waals surface area (Å²) >= 11 is 0. The lowest BCUT2D eigenvalue weighted by Crippen LogP contribution is -1.99. The molecule has 0 bridgehead atoms. The van der Waals surface area contributed by atoms with Crippen molar-refractivity contribution in [3.8, 4) is 11.5 Å². The minimum atomic E-state index is 0.436.